The molecule has 0 radical (unpaired) electrons. The monoisotopic (exact) mass is 179 g/mol. The molecule has 0 aromatic rings. The molecule has 2 heterocycles. The van der Waals surface area contributed by atoms with Crippen molar-refractivity contribution in [2.75, 3.05) is 13.1 Å². The Morgan fingerprint density at radius 1 is 1.46 bits per heavy atom. The van der Waals surface area contributed by atoms with Crippen LogP contribution < -0.4 is 10.7 Å². The highest BCUT2D eigenvalue weighted by atomic mass is 15.3. The summed E-state index contributed by atoms with van der Waals surface area (Å²) in [4.78, 5) is 0. The molecule has 0 aromatic heterocycles. The molecule has 0 unspecified atom stereocenters. The van der Waals surface area contributed by atoms with Crippen molar-refractivity contribution >= 4 is 5.71 Å². The van der Waals surface area contributed by atoms with E-state index in [9.17, 15) is 0 Å². The van der Waals surface area contributed by atoms with Crippen LogP contribution in [0.25, 0.3) is 0 Å². The first kappa shape index (κ1) is 8.75. The highest BCUT2D eigenvalue weighted by Crippen LogP contribution is 2.17. The summed E-state index contributed by atoms with van der Waals surface area (Å²) in [5.41, 5.74) is 5.96. The topological polar surface area (TPSA) is 36.4 Å². The molecule has 0 saturated carbocycles. The van der Waals surface area contributed by atoms with Gasteiger partial charge in [0.15, 0.2) is 0 Å². The van der Waals surface area contributed by atoms with Crippen LogP contribution >= 0.6 is 0 Å². The second-order valence-electron chi connectivity index (χ2n) is 4.41. The molecular weight excluding hydrogens is 162 g/mol. The SMILES string of the molecule is CC1(C)CC=C2CNCCC2=NN1. The number of nitrogens with one attached hydrogen (secondary N) is 2. The minimum Gasteiger partial charge on any atom is -0.312 e. The summed E-state index contributed by atoms with van der Waals surface area (Å²) in [5.74, 6) is 0. The van der Waals surface area contributed by atoms with Gasteiger partial charge in [0.25, 0.3) is 0 Å². The van der Waals surface area contributed by atoms with E-state index < -0.39 is 0 Å². The van der Waals surface area contributed by atoms with E-state index in [-0.39, 0.29) is 5.54 Å². The van der Waals surface area contributed by atoms with E-state index in [4.69, 9.17) is 0 Å². The zero-order valence-electron chi connectivity index (χ0n) is 8.35. The molecule has 0 bridgehead atoms. The van der Waals surface area contributed by atoms with Crippen molar-refractivity contribution < 1.29 is 0 Å². The highest BCUT2D eigenvalue weighted by molar-refractivity contribution is 6.01. The van der Waals surface area contributed by atoms with E-state index >= 15 is 0 Å². The van der Waals surface area contributed by atoms with E-state index in [1.54, 1.807) is 0 Å². The zero-order chi connectivity index (χ0) is 9.31. The first-order valence-corrected chi connectivity index (χ1v) is 4.91. The third-order valence-corrected chi connectivity index (χ3v) is 2.58. The Morgan fingerprint density at radius 3 is 3.15 bits per heavy atom. The molecule has 0 aliphatic carbocycles. The maximum absolute atomic E-state index is 4.46. The predicted molar refractivity (Wildman–Crippen MR) is 54.8 cm³/mol. The summed E-state index contributed by atoms with van der Waals surface area (Å²) in [6.07, 6.45) is 4.41. The van der Waals surface area contributed by atoms with E-state index in [1.165, 1.54) is 11.3 Å². The lowest BCUT2D eigenvalue weighted by Gasteiger charge is -2.21. The highest BCUT2D eigenvalue weighted by Gasteiger charge is 2.21. The second kappa shape index (κ2) is 3.14. The molecule has 13 heavy (non-hydrogen) atoms. The van der Waals surface area contributed by atoms with Crippen LogP contribution in [0.2, 0.25) is 0 Å². The molecular formula is C10H17N3. The fourth-order valence-corrected chi connectivity index (χ4v) is 1.65. The average molecular weight is 179 g/mol. The van der Waals surface area contributed by atoms with Crippen LogP contribution in [0.4, 0.5) is 0 Å². The summed E-state index contributed by atoms with van der Waals surface area (Å²) in [6, 6.07) is 0. The Morgan fingerprint density at radius 2 is 2.31 bits per heavy atom. The molecule has 2 aliphatic heterocycles. The summed E-state index contributed by atoms with van der Waals surface area (Å²) < 4.78 is 0. The Kier molecular flexibility index (Phi) is 2.12. The van der Waals surface area contributed by atoms with E-state index in [0.717, 1.165) is 25.9 Å². The van der Waals surface area contributed by atoms with Gasteiger partial charge in [-0.15, -0.1) is 0 Å². The fraction of sp³-hybridized carbons (Fsp3) is 0.700. The van der Waals surface area contributed by atoms with Crippen molar-refractivity contribution in [3.05, 3.63) is 11.6 Å². The molecule has 2 aliphatic rings. The summed E-state index contributed by atoms with van der Waals surface area (Å²) in [6.45, 7) is 6.40. The molecule has 3 heteroatoms. The van der Waals surface area contributed by atoms with Crippen molar-refractivity contribution in [1.82, 2.24) is 10.7 Å². The number of hydrogen-bond donors (Lipinski definition) is 2. The lowest BCUT2D eigenvalue weighted by atomic mass is 9.97. The lowest BCUT2D eigenvalue weighted by Crippen LogP contribution is -2.35. The quantitative estimate of drug-likeness (QED) is 0.583. The Hall–Kier alpha value is -0.830. The molecule has 1 saturated heterocycles. The van der Waals surface area contributed by atoms with Gasteiger partial charge in [-0.3, -0.25) is 0 Å². The van der Waals surface area contributed by atoms with E-state index in [0.29, 0.717) is 0 Å². The lowest BCUT2D eigenvalue weighted by molar-refractivity contribution is 0.407. The molecule has 0 amide bonds. The zero-order valence-corrected chi connectivity index (χ0v) is 8.35. The number of fused-ring (bicyclic) bond motifs is 1. The maximum atomic E-state index is 4.46. The van der Waals surface area contributed by atoms with Gasteiger partial charge in [-0.2, -0.15) is 5.10 Å². The third kappa shape index (κ3) is 1.91. The van der Waals surface area contributed by atoms with Crippen LogP contribution in [-0.2, 0) is 0 Å². The molecule has 0 aromatic carbocycles. The Balaban J connectivity index is 2.22. The number of nitrogens with zero attached hydrogens (tertiary/aromatic N) is 1. The van der Waals surface area contributed by atoms with Crippen LogP contribution in [-0.4, -0.2) is 24.3 Å². The fourth-order valence-electron chi connectivity index (χ4n) is 1.65. The maximum Gasteiger partial charge on any atom is 0.0657 e. The van der Waals surface area contributed by atoms with Gasteiger partial charge >= 0.3 is 0 Å². The van der Waals surface area contributed by atoms with Crippen molar-refractivity contribution in [1.29, 1.82) is 0 Å². The minimum atomic E-state index is 0.108. The Labute approximate surface area is 79.3 Å². The largest absolute Gasteiger partial charge is 0.312 e. The first-order chi connectivity index (χ1) is 6.17. The van der Waals surface area contributed by atoms with Gasteiger partial charge in [-0.05, 0) is 25.8 Å². The molecule has 72 valence electrons. The summed E-state index contributed by atoms with van der Waals surface area (Å²) in [5, 5.41) is 7.82. The van der Waals surface area contributed by atoms with Gasteiger partial charge in [0.05, 0.1) is 11.3 Å². The second-order valence-corrected chi connectivity index (χ2v) is 4.41. The predicted octanol–water partition coefficient (Wildman–Crippen LogP) is 1.03. The number of hydrogen-bond acceptors (Lipinski definition) is 3. The van der Waals surface area contributed by atoms with Crippen LogP contribution in [0.3, 0.4) is 0 Å². The van der Waals surface area contributed by atoms with Crippen LogP contribution in [0.5, 0.6) is 0 Å². The van der Waals surface area contributed by atoms with E-state index in [2.05, 4.69) is 35.8 Å². The molecule has 0 atom stereocenters. The van der Waals surface area contributed by atoms with Gasteiger partial charge in [0.1, 0.15) is 0 Å². The van der Waals surface area contributed by atoms with Gasteiger partial charge in [-0.25, -0.2) is 0 Å². The van der Waals surface area contributed by atoms with Gasteiger partial charge in [-0.1, -0.05) is 6.08 Å². The van der Waals surface area contributed by atoms with E-state index in [1.807, 2.05) is 0 Å². The standard InChI is InChI=1S/C10H17N3/c1-10(2)5-3-8-7-11-6-4-9(8)12-13-10/h3,11,13H,4-7H2,1-2H3. The van der Waals surface area contributed by atoms with Crippen LogP contribution in [0, 0.1) is 0 Å². The first-order valence-electron chi connectivity index (χ1n) is 4.91. The van der Waals surface area contributed by atoms with Crippen molar-refractivity contribution in [3.63, 3.8) is 0 Å². The van der Waals surface area contributed by atoms with Gasteiger partial charge < -0.3 is 10.7 Å². The number of piperidine rings is 1. The number of rotatable bonds is 0. The van der Waals surface area contributed by atoms with Gasteiger partial charge in [0, 0.05) is 19.5 Å². The molecule has 2 rings (SSSR count). The van der Waals surface area contributed by atoms with Crippen molar-refractivity contribution in [2.45, 2.75) is 32.2 Å². The van der Waals surface area contributed by atoms with Crippen molar-refractivity contribution in [2.24, 2.45) is 5.10 Å². The molecule has 0 spiro atoms. The molecule has 3 nitrogen and oxygen atoms in total. The van der Waals surface area contributed by atoms with Crippen LogP contribution in [0.1, 0.15) is 26.7 Å². The summed E-state index contributed by atoms with van der Waals surface area (Å²) in [7, 11) is 0. The minimum absolute atomic E-state index is 0.108. The normalized spacial score (nSPS) is 26.3. The molecule has 1 fully saturated rings. The molecule has 2 N–H and O–H groups in total. The average Bonchev–Trinajstić information content (AvgIpc) is 2.27. The number of hydrazone groups is 1. The van der Waals surface area contributed by atoms with Crippen molar-refractivity contribution in [3.8, 4) is 0 Å². The third-order valence-electron chi connectivity index (χ3n) is 2.58. The van der Waals surface area contributed by atoms with Crippen LogP contribution in [0.15, 0.2) is 16.8 Å². The summed E-state index contributed by atoms with van der Waals surface area (Å²) >= 11 is 0. The smallest absolute Gasteiger partial charge is 0.0657 e. The van der Waals surface area contributed by atoms with Gasteiger partial charge in [0.2, 0.25) is 0 Å². The Bertz CT molecular complexity index is 237.